The van der Waals surface area contributed by atoms with Crippen molar-refractivity contribution in [3.8, 4) is 0 Å². The van der Waals surface area contributed by atoms with Crippen LogP contribution in [-0.2, 0) is 0 Å². The molecule has 108 valence electrons. The maximum absolute atomic E-state index is 4.89. The van der Waals surface area contributed by atoms with Gasteiger partial charge in [0, 0.05) is 18.2 Å². The summed E-state index contributed by atoms with van der Waals surface area (Å²) in [7, 11) is 0. The standard InChI is InChI=1S/C16H24N4/c1-4-19-10-7-13(8-11-19)15-18-14-6-5-9-17-16(14)20(15)12(2)3/h5-6,9,12-13H,4,7-8,10-11H2,1-3H3. The van der Waals surface area contributed by atoms with Crippen molar-refractivity contribution in [2.24, 2.45) is 0 Å². The van der Waals surface area contributed by atoms with Crippen LogP contribution in [0.4, 0.5) is 0 Å². The molecule has 0 spiro atoms. The van der Waals surface area contributed by atoms with Crippen LogP contribution in [0.1, 0.15) is 51.4 Å². The van der Waals surface area contributed by atoms with E-state index < -0.39 is 0 Å². The van der Waals surface area contributed by atoms with E-state index in [-0.39, 0.29) is 0 Å². The highest BCUT2D eigenvalue weighted by atomic mass is 15.2. The number of aromatic nitrogens is 3. The van der Waals surface area contributed by atoms with Gasteiger partial charge in [0.25, 0.3) is 0 Å². The molecule has 0 aliphatic carbocycles. The largest absolute Gasteiger partial charge is 0.310 e. The summed E-state index contributed by atoms with van der Waals surface area (Å²) < 4.78 is 2.33. The zero-order chi connectivity index (χ0) is 14.1. The third kappa shape index (κ3) is 2.33. The fourth-order valence-corrected chi connectivity index (χ4v) is 3.25. The Hall–Kier alpha value is -1.42. The number of nitrogens with zero attached hydrogens (tertiary/aromatic N) is 4. The lowest BCUT2D eigenvalue weighted by Crippen LogP contribution is -2.33. The molecule has 0 N–H and O–H groups in total. The van der Waals surface area contributed by atoms with Crippen molar-refractivity contribution < 1.29 is 0 Å². The highest BCUT2D eigenvalue weighted by Gasteiger charge is 2.26. The minimum absolute atomic E-state index is 0.411. The molecule has 0 atom stereocenters. The SMILES string of the molecule is CCN1CCC(c2nc3cccnc3n2C(C)C)CC1. The number of rotatable bonds is 3. The smallest absolute Gasteiger partial charge is 0.160 e. The first-order chi connectivity index (χ1) is 9.70. The molecule has 1 fully saturated rings. The van der Waals surface area contributed by atoms with E-state index in [0.717, 1.165) is 17.7 Å². The van der Waals surface area contributed by atoms with Crippen molar-refractivity contribution in [2.45, 2.75) is 45.6 Å². The molecule has 3 rings (SSSR count). The van der Waals surface area contributed by atoms with Gasteiger partial charge < -0.3 is 9.47 Å². The molecule has 0 aromatic carbocycles. The van der Waals surface area contributed by atoms with E-state index in [4.69, 9.17) is 4.98 Å². The van der Waals surface area contributed by atoms with Crippen LogP contribution in [0.25, 0.3) is 11.2 Å². The Morgan fingerprint density at radius 2 is 2.05 bits per heavy atom. The van der Waals surface area contributed by atoms with Crippen molar-refractivity contribution in [1.82, 2.24) is 19.4 Å². The molecule has 1 saturated heterocycles. The second-order valence-corrected chi connectivity index (χ2v) is 5.99. The monoisotopic (exact) mass is 272 g/mol. The lowest BCUT2D eigenvalue weighted by atomic mass is 9.95. The second-order valence-electron chi connectivity index (χ2n) is 5.99. The Morgan fingerprint density at radius 1 is 1.30 bits per heavy atom. The summed E-state index contributed by atoms with van der Waals surface area (Å²) in [5, 5.41) is 0. The molecule has 0 radical (unpaired) electrons. The van der Waals surface area contributed by atoms with E-state index in [0.29, 0.717) is 12.0 Å². The zero-order valence-electron chi connectivity index (χ0n) is 12.7. The van der Waals surface area contributed by atoms with Crippen molar-refractivity contribution >= 4 is 11.2 Å². The topological polar surface area (TPSA) is 34.0 Å². The number of fused-ring (bicyclic) bond motifs is 1. The number of hydrogen-bond acceptors (Lipinski definition) is 3. The van der Waals surface area contributed by atoms with Gasteiger partial charge in [0.2, 0.25) is 0 Å². The molecule has 1 aliphatic rings. The van der Waals surface area contributed by atoms with Crippen LogP contribution < -0.4 is 0 Å². The number of likely N-dealkylation sites (tertiary alicyclic amines) is 1. The highest BCUT2D eigenvalue weighted by molar-refractivity contribution is 5.71. The maximum atomic E-state index is 4.89. The van der Waals surface area contributed by atoms with Crippen LogP contribution in [0.3, 0.4) is 0 Å². The molecule has 4 heteroatoms. The van der Waals surface area contributed by atoms with Gasteiger partial charge in [-0.25, -0.2) is 9.97 Å². The second kappa shape index (κ2) is 5.52. The van der Waals surface area contributed by atoms with Gasteiger partial charge in [-0.1, -0.05) is 6.92 Å². The van der Waals surface area contributed by atoms with E-state index in [2.05, 4.69) is 41.3 Å². The normalized spacial score (nSPS) is 18.2. The van der Waals surface area contributed by atoms with Crippen LogP contribution in [-0.4, -0.2) is 39.1 Å². The van der Waals surface area contributed by atoms with Gasteiger partial charge in [0.05, 0.1) is 0 Å². The predicted octanol–water partition coefficient (Wildman–Crippen LogP) is 3.21. The van der Waals surface area contributed by atoms with Gasteiger partial charge in [-0.05, 0) is 58.5 Å². The summed E-state index contributed by atoms with van der Waals surface area (Å²) in [5.41, 5.74) is 2.07. The van der Waals surface area contributed by atoms with Crippen molar-refractivity contribution in [3.05, 3.63) is 24.2 Å². The molecule has 1 aliphatic heterocycles. The van der Waals surface area contributed by atoms with Crippen LogP contribution in [0.15, 0.2) is 18.3 Å². The van der Waals surface area contributed by atoms with E-state index in [9.17, 15) is 0 Å². The molecular weight excluding hydrogens is 248 g/mol. The Morgan fingerprint density at radius 3 is 2.70 bits per heavy atom. The minimum Gasteiger partial charge on any atom is -0.310 e. The highest BCUT2D eigenvalue weighted by Crippen LogP contribution is 2.31. The van der Waals surface area contributed by atoms with Crippen molar-refractivity contribution in [2.75, 3.05) is 19.6 Å². The van der Waals surface area contributed by atoms with Gasteiger partial charge >= 0.3 is 0 Å². The fraction of sp³-hybridized carbons (Fsp3) is 0.625. The number of piperidine rings is 1. The van der Waals surface area contributed by atoms with E-state index in [1.54, 1.807) is 0 Å². The predicted molar refractivity (Wildman–Crippen MR) is 82.0 cm³/mol. The van der Waals surface area contributed by atoms with Crippen LogP contribution >= 0.6 is 0 Å². The molecular formula is C16H24N4. The third-order valence-electron chi connectivity index (χ3n) is 4.39. The Bertz CT molecular complexity index is 579. The average molecular weight is 272 g/mol. The lowest BCUT2D eigenvalue weighted by molar-refractivity contribution is 0.217. The summed E-state index contributed by atoms with van der Waals surface area (Å²) >= 11 is 0. The quantitative estimate of drug-likeness (QED) is 0.860. The minimum atomic E-state index is 0.411. The Labute approximate surface area is 120 Å². The van der Waals surface area contributed by atoms with Gasteiger partial charge in [-0.2, -0.15) is 0 Å². The van der Waals surface area contributed by atoms with Crippen LogP contribution in [0.2, 0.25) is 0 Å². The van der Waals surface area contributed by atoms with Gasteiger partial charge in [0.15, 0.2) is 5.65 Å². The van der Waals surface area contributed by atoms with Crippen LogP contribution in [0.5, 0.6) is 0 Å². The first-order valence-corrected chi connectivity index (χ1v) is 7.76. The first kappa shape index (κ1) is 13.6. The van der Waals surface area contributed by atoms with E-state index >= 15 is 0 Å². The number of pyridine rings is 1. The van der Waals surface area contributed by atoms with E-state index in [1.165, 1.54) is 31.8 Å². The molecule has 2 aromatic heterocycles. The van der Waals surface area contributed by atoms with Crippen molar-refractivity contribution in [3.63, 3.8) is 0 Å². The molecule has 0 amide bonds. The Balaban J connectivity index is 1.97. The Kier molecular flexibility index (Phi) is 3.74. The zero-order valence-corrected chi connectivity index (χ0v) is 12.7. The number of imidazole rings is 1. The molecule has 20 heavy (non-hydrogen) atoms. The summed E-state index contributed by atoms with van der Waals surface area (Å²) in [5.74, 6) is 1.82. The summed E-state index contributed by atoms with van der Waals surface area (Å²) in [6, 6.07) is 4.46. The molecule has 0 saturated carbocycles. The number of hydrogen-bond donors (Lipinski definition) is 0. The lowest BCUT2D eigenvalue weighted by Gasteiger charge is -2.31. The van der Waals surface area contributed by atoms with Gasteiger partial charge in [-0.15, -0.1) is 0 Å². The van der Waals surface area contributed by atoms with Gasteiger partial charge in [0.1, 0.15) is 11.3 Å². The van der Waals surface area contributed by atoms with Crippen molar-refractivity contribution in [1.29, 1.82) is 0 Å². The summed E-state index contributed by atoms with van der Waals surface area (Å²) in [4.78, 5) is 12.0. The molecule has 3 heterocycles. The first-order valence-electron chi connectivity index (χ1n) is 7.76. The molecule has 4 nitrogen and oxygen atoms in total. The molecule has 0 unspecified atom stereocenters. The summed E-state index contributed by atoms with van der Waals surface area (Å²) in [6.45, 7) is 10.2. The third-order valence-corrected chi connectivity index (χ3v) is 4.39. The molecule has 0 bridgehead atoms. The molecule has 2 aromatic rings. The van der Waals surface area contributed by atoms with E-state index in [1.807, 2.05) is 12.3 Å². The maximum Gasteiger partial charge on any atom is 0.160 e. The average Bonchev–Trinajstić information content (AvgIpc) is 2.86. The van der Waals surface area contributed by atoms with Gasteiger partial charge in [-0.3, -0.25) is 0 Å². The summed E-state index contributed by atoms with van der Waals surface area (Å²) in [6.07, 6.45) is 4.29. The fourth-order valence-electron chi connectivity index (χ4n) is 3.25. The van der Waals surface area contributed by atoms with Crippen LogP contribution in [0, 0.1) is 0 Å².